The van der Waals surface area contributed by atoms with Gasteiger partial charge in [-0.3, -0.25) is 5.41 Å². The Morgan fingerprint density at radius 3 is 2.59 bits per heavy atom. The van der Waals surface area contributed by atoms with E-state index >= 15 is 0 Å². The molecule has 0 atom stereocenters. The van der Waals surface area contributed by atoms with Gasteiger partial charge in [-0.05, 0) is 24.3 Å². The van der Waals surface area contributed by atoms with Gasteiger partial charge in [0, 0.05) is 17.6 Å². The highest BCUT2D eigenvalue weighted by atomic mass is 19.1. The summed E-state index contributed by atoms with van der Waals surface area (Å²) in [4.78, 5) is 2.69. The lowest BCUT2D eigenvalue weighted by Crippen LogP contribution is -2.13. The molecular weight excluding hydrogens is 295 g/mol. The van der Waals surface area contributed by atoms with Gasteiger partial charge in [0.25, 0.3) is 0 Å². The second-order valence-electron chi connectivity index (χ2n) is 4.60. The van der Waals surface area contributed by atoms with Crippen molar-refractivity contribution < 1.29 is 17.9 Å². The van der Waals surface area contributed by atoms with Crippen LogP contribution in [0, 0.1) is 22.9 Å². The second kappa shape index (κ2) is 5.10. The zero-order valence-electron chi connectivity index (χ0n) is 11.1. The van der Waals surface area contributed by atoms with Gasteiger partial charge in [0.1, 0.15) is 17.4 Å². The third kappa shape index (κ3) is 2.26. The SMILES string of the molecule is N=C(N)c1cc(Oc2c(F)cc3[nH]ccc3c2F)ccc1F. The van der Waals surface area contributed by atoms with Gasteiger partial charge >= 0.3 is 0 Å². The number of H-pyrrole nitrogens is 1. The summed E-state index contributed by atoms with van der Waals surface area (Å²) in [6.07, 6.45) is 1.47. The lowest BCUT2D eigenvalue weighted by Gasteiger charge is -2.10. The van der Waals surface area contributed by atoms with Crippen LogP contribution in [0.2, 0.25) is 0 Å². The molecule has 112 valence electrons. The minimum atomic E-state index is -0.902. The average Bonchev–Trinajstić information content (AvgIpc) is 2.93. The van der Waals surface area contributed by atoms with Crippen LogP contribution in [0.1, 0.15) is 5.56 Å². The molecule has 0 aliphatic rings. The first-order chi connectivity index (χ1) is 10.5. The lowest BCUT2D eigenvalue weighted by molar-refractivity contribution is 0.410. The summed E-state index contributed by atoms with van der Waals surface area (Å²) in [5.74, 6) is -3.63. The van der Waals surface area contributed by atoms with Crippen LogP contribution in [0.5, 0.6) is 11.5 Å². The molecule has 0 saturated heterocycles. The number of aromatic amines is 1. The van der Waals surface area contributed by atoms with Crippen molar-refractivity contribution in [2.75, 3.05) is 0 Å². The highest BCUT2D eigenvalue weighted by Crippen LogP contribution is 2.33. The highest BCUT2D eigenvalue weighted by Gasteiger charge is 2.17. The number of aromatic nitrogens is 1. The van der Waals surface area contributed by atoms with E-state index in [1.807, 2.05) is 0 Å². The maximum Gasteiger partial charge on any atom is 0.199 e. The number of nitrogens with one attached hydrogen (secondary N) is 2. The standard InChI is InChI=1S/C15H10F3N3O/c16-10-2-1-7(5-9(10)15(19)20)22-14-11(17)6-12-8(13(14)18)3-4-21-12/h1-6,21H,(H3,19,20). The van der Waals surface area contributed by atoms with E-state index < -0.39 is 29.0 Å². The Bertz CT molecular complexity index is 889. The first-order valence-corrected chi connectivity index (χ1v) is 6.24. The maximum absolute atomic E-state index is 14.3. The number of rotatable bonds is 3. The van der Waals surface area contributed by atoms with Crippen molar-refractivity contribution in [2.45, 2.75) is 0 Å². The van der Waals surface area contributed by atoms with E-state index in [0.29, 0.717) is 5.52 Å². The van der Waals surface area contributed by atoms with Gasteiger partial charge in [-0.15, -0.1) is 0 Å². The minimum Gasteiger partial charge on any atom is -0.451 e. The van der Waals surface area contributed by atoms with Crippen molar-refractivity contribution >= 4 is 16.7 Å². The smallest absolute Gasteiger partial charge is 0.199 e. The summed E-state index contributed by atoms with van der Waals surface area (Å²) in [6, 6.07) is 5.86. The number of benzene rings is 2. The topological polar surface area (TPSA) is 74.9 Å². The Kier molecular flexibility index (Phi) is 3.25. The largest absolute Gasteiger partial charge is 0.451 e. The molecule has 0 saturated carbocycles. The molecule has 0 radical (unpaired) electrons. The molecule has 0 amide bonds. The second-order valence-corrected chi connectivity index (χ2v) is 4.60. The Balaban J connectivity index is 2.06. The summed E-state index contributed by atoms with van der Waals surface area (Å²) in [6.45, 7) is 0. The number of fused-ring (bicyclic) bond motifs is 1. The van der Waals surface area contributed by atoms with Crippen molar-refractivity contribution in [1.82, 2.24) is 4.98 Å². The molecular formula is C15H10F3N3O. The van der Waals surface area contributed by atoms with Gasteiger partial charge in [-0.1, -0.05) is 0 Å². The predicted molar refractivity (Wildman–Crippen MR) is 75.7 cm³/mol. The van der Waals surface area contributed by atoms with Crippen molar-refractivity contribution in [2.24, 2.45) is 5.73 Å². The van der Waals surface area contributed by atoms with Crippen LogP contribution in [0.25, 0.3) is 10.9 Å². The minimum absolute atomic E-state index is 0.0284. The quantitative estimate of drug-likeness (QED) is 0.510. The first-order valence-electron chi connectivity index (χ1n) is 6.24. The molecule has 7 heteroatoms. The molecule has 0 spiro atoms. The number of hydrogen-bond donors (Lipinski definition) is 3. The van der Waals surface area contributed by atoms with Crippen LogP contribution < -0.4 is 10.5 Å². The molecule has 0 bridgehead atoms. The lowest BCUT2D eigenvalue weighted by atomic mass is 10.2. The molecule has 22 heavy (non-hydrogen) atoms. The van der Waals surface area contributed by atoms with Crippen LogP contribution in [0.4, 0.5) is 13.2 Å². The Morgan fingerprint density at radius 2 is 1.86 bits per heavy atom. The van der Waals surface area contributed by atoms with Crippen molar-refractivity contribution in [3.05, 3.63) is 59.5 Å². The third-order valence-corrected chi connectivity index (χ3v) is 3.15. The van der Waals surface area contributed by atoms with E-state index in [-0.39, 0.29) is 16.7 Å². The van der Waals surface area contributed by atoms with Crippen LogP contribution >= 0.6 is 0 Å². The summed E-state index contributed by atoms with van der Waals surface area (Å²) in [7, 11) is 0. The van der Waals surface area contributed by atoms with Gasteiger partial charge in [0.2, 0.25) is 0 Å². The van der Waals surface area contributed by atoms with Gasteiger partial charge in [0.15, 0.2) is 17.4 Å². The van der Waals surface area contributed by atoms with E-state index in [9.17, 15) is 13.2 Å². The van der Waals surface area contributed by atoms with E-state index in [2.05, 4.69) is 4.98 Å². The number of hydrogen-bond acceptors (Lipinski definition) is 2. The fraction of sp³-hybridized carbons (Fsp3) is 0. The number of nitrogens with two attached hydrogens (primary N) is 1. The molecule has 3 rings (SSSR count). The molecule has 2 aromatic carbocycles. The molecule has 4 nitrogen and oxygen atoms in total. The van der Waals surface area contributed by atoms with Gasteiger partial charge in [-0.25, -0.2) is 13.2 Å². The Labute approximate surface area is 122 Å². The third-order valence-electron chi connectivity index (χ3n) is 3.15. The maximum atomic E-state index is 14.3. The highest BCUT2D eigenvalue weighted by molar-refractivity contribution is 5.95. The van der Waals surface area contributed by atoms with Crippen molar-refractivity contribution in [1.29, 1.82) is 5.41 Å². The zero-order valence-corrected chi connectivity index (χ0v) is 11.1. The molecule has 1 heterocycles. The summed E-state index contributed by atoms with van der Waals surface area (Å²) in [5.41, 5.74) is 5.32. The first kappa shape index (κ1) is 14.0. The van der Waals surface area contributed by atoms with Gasteiger partial charge in [0.05, 0.1) is 11.1 Å². The molecule has 0 fully saturated rings. The molecule has 3 aromatic rings. The Morgan fingerprint density at radius 1 is 1.09 bits per heavy atom. The van der Waals surface area contributed by atoms with Crippen LogP contribution in [-0.2, 0) is 0 Å². The van der Waals surface area contributed by atoms with Crippen molar-refractivity contribution in [3.63, 3.8) is 0 Å². The van der Waals surface area contributed by atoms with E-state index in [0.717, 1.165) is 18.2 Å². The van der Waals surface area contributed by atoms with Crippen LogP contribution in [0.3, 0.4) is 0 Å². The number of ether oxygens (including phenoxy) is 1. The summed E-state index contributed by atoms with van der Waals surface area (Å²) >= 11 is 0. The molecule has 0 aliphatic carbocycles. The molecule has 1 aromatic heterocycles. The zero-order chi connectivity index (χ0) is 15.9. The average molecular weight is 305 g/mol. The Hall–Kier alpha value is -2.96. The van der Waals surface area contributed by atoms with Gasteiger partial charge in [-0.2, -0.15) is 0 Å². The normalized spacial score (nSPS) is 10.9. The fourth-order valence-corrected chi connectivity index (χ4v) is 2.10. The molecule has 0 unspecified atom stereocenters. The summed E-state index contributed by atoms with van der Waals surface area (Å²) in [5, 5.41) is 7.43. The van der Waals surface area contributed by atoms with Crippen LogP contribution in [-0.4, -0.2) is 10.8 Å². The molecule has 0 aliphatic heterocycles. The monoisotopic (exact) mass is 305 g/mol. The van der Waals surface area contributed by atoms with E-state index in [1.165, 1.54) is 18.3 Å². The van der Waals surface area contributed by atoms with Crippen molar-refractivity contribution in [3.8, 4) is 11.5 Å². The number of halogens is 3. The summed E-state index contributed by atoms with van der Waals surface area (Å²) < 4.78 is 46.9. The van der Waals surface area contributed by atoms with E-state index in [1.54, 1.807) is 0 Å². The molecule has 4 N–H and O–H groups in total. The number of nitrogen functional groups attached to an aromatic ring is 1. The van der Waals surface area contributed by atoms with Crippen LogP contribution in [0.15, 0.2) is 36.5 Å². The van der Waals surface area contributed by atoms with Gasteiger partial charge < -0.3 is 15.5 Å². The predicted octanol–water partition coefficient (Wildman–Crippen LogP) is 3.66. The van der Waals surface area contributed by atoms with E-state index in [4.69, 9.17) is 15.9 Å². The fourth-order valence-electron chi connectivity index (χ4n) is 2.10. The number of amidine groups is 1.